The average molecular weight is 399 g/mol. The standard InChI is InChI=1S/C20H15ClN2O3S/c21-16-7-5-15(6-8-16)20(25)26-17-9-3-14(4-10-17)13-22-23-19(24)12-18-2-1-11-27-18/h1-11,13H,12H2,(H,23,24)/b22-13-. The number of nitrogens with zero attached hydrogens (tertiary/aromatic N) is 1. The summed E-state index contributed by atoms with van der Waals surface area (Å²) in [5.74, 6) is -0.232. The summed E-state index contributed by atoms with van der Waals surface area (Å²) < 4.78 is 5.30. The van der Waals surface area contributed by atoms with Crippen molar-refractivity contribution < 1.29 is 14.3 Å². The number of benzene rings is 2. The summed E-state index contributed by atoms with van der Waals surface area (Å²) >= 11 is 7.33. The van der Waals surface area contributed by atoms with E-state index in [0.717, 1.165) is 10.4 Å². The molecule has 0 spiro atoms. The van der Waals surface area contributed by atoms with Gasteiger partial charge in [-0.1, -0.05) is 17.7 Å². The Morgan fingerprint density at radius 3 is 2.48 bits per heavy atom. The molecule has 0 aliphatic heterocycles. The number of rotatable bonds is 6. The van der Waals surface area contributed by atoms with Crippen molar-refractivity contribution in [3.05, 3.63) is 87.1 Å². The zero-order chi connectivity index (χ0) is 19.1. The lowest BCUT2D eigenvalue weighted by Gasteiger charge is -2.04. The minimum atomic E-state index is -0.464. The third kappa shape index (κ3) is 5.77. The third-order valence-corrected chi connectivity index (χ3v) is 4.62. The number of carbonyl (C=O) groups is 2. The highest BCUT2D eigenvalue weighted by atomic mass is 35.5. The molecule has 0 atom stereocenters. The smallest absolute Gasteiger partial charge is 0.343 e. The molecule has 0 bridgehead atoms. The lowest BCUT2D eigenvalue weighted by Crippen LogP contribution is -2.19. The zero-order valence-corrected chi connectivity index (χ0v) is 15.7. The molecule has 1 heterocycles. The molecule has 3 rings (SSSR count). The van der Waals surface area contributed by atoms with Crippen LogP contribution in [-0.4, -0.2) is 18.1 Å². The SMILES string of the molecule is O=C(Cc1cccs1)N/N=C\c1ccc(OC(=O)c2ccc(Cl)cc2)cc1. The molecular formula is C20H15ClN2O3S. The molecule has 136 valence electrons. The van der Waals surface area contributed by atoms with Gasteiger partial charge in [0, 0.05) is 9.90 Å². The predicted molar refractivity (Wildman–Crippen MR) is 107 cm³/mol. The molecule has 5 nitrogen and oxygen atoms in total. The maximum atomic E-state index is 12.0. The second-order valence-corrected chi connectivity index (χ2v) is 6.98. The van der Waals surface area contributed by atoms with Gasteiger partial charge in [0.25, 0.3) is 0 Å². The average Bonchev–Trinajstić information content (AvgIpc) is 3.16. The van der Waals surface area contributed by atoms with Crippen molar-refractivity contribution in [2.45, 2.75) is 6.42 Å². The summed E-state index contributed by atoms with van der Waals surface area (Å²) in [6, 6.07) is 17.0. The van der Waals surface area contributed by atoms with Crippen LogP contribution in [-0.2, 0) is 11.2 Å². The Hall–Kier alpha value is -2.96. The first kappa shape index (κ1) is 18.8. The van der Waals surface area contributed by atoms with Gasteiger partial charge in [0.15, 0.2) is 0 Å². The molecule has 0 fully saturated rings. The molecule has 0 saturated carbocycles. The van der Waals surface area contributed by atoms with E-state index in [1.807, 2.05) is 17.5 Å². The second kappa shape index (κ2) is 9.12. The Bertz CT molecular complexity index is 936. The number of hydrazone groups is 1. The lowest BCUT2D eigenvalue weighted by molar-refractivity contribution is -0.120. The molecule has 1 amide bonds. The molecule has 0 unspecified atom stereocenters. The Labute approximate surface area is 165 Å². The molecule has 7 heteroatoms. The highest BCUT2D eigenvalue weighted by Gasteiger charge is 2.08. The minimum Gasteiger partial charge on any atom is -0.423 e. The number of hydrogen-bond acceptors (Lipinski definition) is 5. The van der Waals surface area contributed by atoms with Gasteiger partial charge >= 0.3 is 5.97 Å². The molecule has 0 aliphatic carbocycles. The van der Waals surface area contributed by atoms with Crippen LogP contribution in [0.1, 0.15) is 20.8 Å². The van der Waals surface area contributed by atoms with Crippen molar-refractivity contribution in [2.24, 2.45) is 5.10 Å². The van der Waals surface area contributed by atoms with Gasteiger partial charge in [-0.05, 0) is 65.5 Å². The number of thiophene rings is 1. The third-order valence-electron chi connectivity index (χ3n) is 3.49. The van der Waals surface area contributed by atoms with E-state index >= 15 is 0 Å². The van der Waals surface area contributed by atoms with Gasteiger partial charge in [-0.25, -0.2) is 10.2 Å². The highest BCUT2D eigenvalue weighted by molar-refractivity contribution is 7.10. The van der Waals surface area contributed by atoms with Crippen LogP contribution >= 0.6 is 22.9 Å². The maximum absolute atomic E-state index is 12.0. The van der Waals surface area contributed by atoms with Crippen molar-refractivity contribution in [3.63, 3.8) is 0 Å². The monoisotopic (exact) mass is 398 g/mol. The van der Waals surface area contributed by atoms with E-state index in [1.165, 1.54) is 17.6 Å². The van der Waals surface area contributed by atoms with Gasteiger partial charge in [0.05, 0.1) is 18.2 Å². The predicted octanol–water partition coefficient (Wildman–Crippen LogP) is 4.31. The molecule has 27 heavy (non-hydrogen) atoms. The largest absolute Gasteiger partial charge is 0.423 e. The van der Waals surface area contributed by atoms with Gasteiger partial charge in [0.1, 0.15) is 5.75 Å². The van der Waals surface area contributed by atoms with E-state index in [9.17, 15) is 9.59 Å². The summed E-state index contributed by atoms with van der Waals surface area (Å²) in [7, 11) is 0. The lowest BCUT2D eigenvalue weighted by atomic mass is 10.2. The normalized spacial score (nSPS) is 10.7. The highest BCUT2D eigenvalue weighted by Crippen LogP contribution is 2.15. The van der Waals surface area contributed by atoms with Crippen LogP contribution in [0.5, 0.6) is 5.75 Å². The first-order valence-corrected chi connectivity index (χ1v) is 9.28. The van der Waals surface area contributed by atoms with E-state index in [0.29, 0.717) is 22.8 Å². The van der Waals surface area contributed by atoms with Crippen LogP contribution in [0.2, 0.25) is 5.02 Å². The Morgan fingerprint density at radius 2 is 1.81 bits per heavy atom. The first-order valence-electron chi connectivity index (χ1n) is 8.02. The molecule has 0 aliphatic rings. The number of carbonyl (C=O) groups excluding carboxylic acids is 2. The molecular weight excluding hydrogens is 384 g/mol. The van der Waals surface area contributed by atoms with Crippen molar-refractivity contribution in [3.8, 4) is 5.75 Å². The summed E-state index contributed by atoms with van der Waals surface area (Å²) in [6.07, 6.45) is 1.83. The minimum absolute atomic E-state index is 0.179. The fourth-order valence-corrected chi connectivity index (χ4v) is 2.99. The van der Waals surface area contributed by atoms with Crippen LogP contribution in [0.3, 0.4) is 0 Å². The van der Waals surface area contributed by atoms with Crippen LogP contribution in [0.15, 0.2) is 71.1 Å². The second-order valence-electron chi connectivity index (χ2n) is 5.51. The summed E-state index contributed by atoms with van der Waals surface area (Å²) in [5, 5.41) is 6.41. The first-order chi connectivity index (χ1) is 13.1. The van der Waals surface area contributed by atoms with Crippen molar-refractivity contribution in [1.82, 2.24) is 5.43 Å². The van der Waals surface area contributed by atoms with Gasteiger partial charge in [-0.15, -0.1) is 11.3 Å². The zero-order valence-electron chi connectivity index (χ0n) is 14.1. The molecule has 3 aromatic rings. The van der Waals surface area contributed by atoms with Gasteiger partial charge in [-0.3, -0.25) is 4.79 Å². The number of ether oxygens (including phenoxy) is 1. The summed E-state index contributed by atoms with van der Waals surface area (Å²) in [6.45, 7) is 0. The van der Waals surface area contributed by atoms with E-state index in [2.05, 4.69) is 10.5 Å². The van der Waals surface area contributed by atoms with Crippen LogP contribution in [0.25, 0.3) is 0 Å². The molecule has 2 aromatic carbocycles. The van der Waals surface area contributed by atoms with Crippen LogP contribution < -0.4 is 10.2 Å². The molecule has 0 saturated heterocycles. The Balaban J connectivity index is 1.51. The maximum Gasteiger partial charge on any atom is 0.343 e. The van der Waals surface area contributed by atoms with E-state index < -0.39 is 5.97 Å². The van der Waals surface area contributed by atoms with Crippen molar-refractivity contribution in [1.29, 1.82) is 0 Å². The van der Waals surface area contributed by atoms with E-state index in [-0.39, 0.29) is 5.91 Å². The summed E-state index contributed by atoms with van der Waals surface area (Å²) in [5.41, 5.74) is 3.66. The quantitative estimate of drug-likeness (QED) is 0.291. The molecule has 1 aromatic heterocycles. The topological polar surface area (TPSA) is 67.8 Å². The van der Waals surface area contributed by atoms with Crippen LogP contribution in [0, 0.1) is 0 Å². The number of halogens is 1. The van der Waals surface area contributed by atoms with E-state index in [4.69, 9.17) is 16.3 Å². The Kier molecular flexibility index (Phi) is 6.35. The number of hydrogen-bond donors (Lipinski definition) is 1. The van der Waals surface area contributed by atoms with E-state index in [1.54, 1.807) is 48.5 Å². The van der Waals surface area contributed by atoms with Gasteiger partial charge in [0.2, 0.25) is 5.91 Å². The van der Waals surface area contributed by atoms with Crippen LogP contribution in [0.4, 0.5) is 0 Å². The van der Waals surface area contributed by atoms with Crippen molar-refractivity contribution in [2.75, 3.05) is 0 Å². The molecule has 0 radical (unpaired) electrons. The van der Waals surface area contributed by atoms with Gasteiger partial charge in [-0.2, -0.15) is 5.10 Å². The fraction of sp³-hybridized carbons (Fsp3) is 0.0500. The number of esters is 1. The Morgan fingerprint density at radius 1 is 1.07 bits per heavy atom. The summed E-state index contributed by atoms with van der Waals surface area (Å²) in [4.78, 5) is 24.8. The molecule has 1 N–H and O–H groups in total. The van der Waals surface area contributed by atoms with Gasteiger partial charge < -0.3 is 4.74 Å². The fourth-order valence-electron chi connectivity index (χ4n) is 2.16. The number of nitrogens with one attached hydrogen (secondary N) is 1. The number of amides is 1. The van der Waals surface area contributed by atoms with Crippen molar-refractivity contribution >= 4 is 41.0 Å².